The minimum Gasteiger partial charge on any atom is -0.497 e. The van der Waals surface area contributed by atoms with Gasteiger partial charge in [-0.1, -0.05) is 30.3 Å². The van der Waals surface area contributed by atoms with Crippen LogP contribution in [0, 0.1) is 0 Å². The Balaban J connectivity index is 1.49. The molecule has 0 bridgehead atoms. The fourth-order valence-electron chi connectivity index (χ4n) is 2.53. The molecule has 0 fully saturated rings. The summed E-state index contributed by atoms with van der Waals surface area (Å²) in [4.78, 5) is 1.45. The molecule has 20 heavy (non-hydrogen) atoms. The number of nitrogens with one attached hydrogen (secondary N) is 1. The van der Waals surface area contributed by atoms with Crippen LogP contribution in [0.5, 0.6) is 5.75 Å². The van der Waals surface area contributed by atoms with E-state index in [1.807, 2.05) is 23.9 Å². The lowest BCUT2D eigenvalue weighted by Crippen LogP contribution is -2.23. The van der Waals surface area contributed by atoms with Gasteiger partial charge in [0.15, 0.2) is 0 Å². The van der Waals surface area contributed by atoms with Crippen LogP contribution in [0.25, 0.3) is 0 Å². The molecule has 0 aliphatic carbocycles. The molecule has 1 N–H and O–H groups in total. The molecule has 104 valence electrons. The SMILES string of the molecule is COc1cccc(CNCC2Cc3ccccc3S2)c1. The fraction of sp³-hybridized carbons (Fsp3) is 0.294. The van der Waals surface area contributed by atoms with Crippen molar-refractivity contribution in [3.63, 3.8) is 0 Å². The molecule has 1 aliphatic rings. The Kier molecular flexibility index (Phi) is 4.28. The maximum Gasteiger partial charge on any atom is 0.119 e. The predicted octanol–water partition coefficient (Wildman–Crippen LogP) is 3.50. The summed E-state index contributed by atoms with van der Waals surface area (Å²) in [6.45, 7) is 1.93. The molecule has 0 saturated heterocycles. The van der Waals surface area contributed by atoms with Gasteiger partial charge in [0.2, 0.25) is 0 Å². The topological polar surface area (TPSA) is 21.3 Å². The second-order valence-electron chi connectivity index (χ2n) is 5.03. The highest BCUT2D eigenvalue weighted by Gasteiger charge is 2.20. The molecular formula is C17H19NOS. The first-order valence-corrected chi connectivity index (χ1v) is 7.81. The monoisotopic (exact) mass is 285 g/mol. The van der Waals surface area contributed by atoms with Crippen molar-refractivity contribution in [2.24, 2.45) is 0 Å². The molecule has 1 aliphatic heterocycles. The van der Waals surface area contributed by atoms with Gasteiger partial charge in [0, 0.05) is 23.2 Å². The molecule has 3 heteroatoms. The first-order valence-electron chi connectivity index (χ1n) is 6.93. The van der Waals surface area contributed by atoms with Crippen molar-refractivity contribution in [1.29, 1.82) is 0 Å². The minimum absolute atomic E-state index is 0.651. The Hall–Kier alpha value is -1.45. The first-order chi connectivity index (χ1) is 9.85. The Morgan fingerprint density at radius 2 is 2.10 bits per heavy atom. The Morgan fingerprint density at radius 1 is 1.20 bits per heavy atom. The van der Waals surface area contributed by atoms with E-state index >= 15 is 0 Å². The molecule has 3 rings (SSSR count). The van der Waals surface area contributed by atoms with E-state index in [0.717, 1.165) is 18.8 Å². The summed E-state index contributed by atoms with van der Waals surface area (Å²) in [5.41, 5.74) is 2.76. The zero-order valence-corrected chi connectivity index (χ0v) is 12.5. The maximum absolute atomic E-state index is 5.25. The average molecular weight is 285 g/mol. The molecule has 2 aromatic rings. The van der Waals surface area contributed by atoms with Crippen molar-refractivity contribution in [3.8, 4) is 5.75 Å². The van der Waals surface area contributed by atoms with Gasteiger partial charge in [-0.15, -0.1) is 11.8 Å². The van der Waals surface area contributed by atoms with Crippen molar-refractivity contribution >= 4 is 11.8 Å². The molecular weight excluding hydrogens is 266 g/mol. The number of rotatable bonds is 5. The zero-order chi connectivity index (χ0) is 13.8. The predicted molar refractivity (Wildman–Crippen MR) is 84.5 cm³/mol. The van der Waals surface area contributed by atoms with Crippen LogP contribution in [-0.2, 0) is 13.0 Å². The summed E-state index contributed by atoms with van der Waals surface area (Å²) >= 11 is 1.99. The second kappa shape index (κ2) is 6.33. The van der Waals surface area contributed by atoms with Crippen LogP contribution in [0.3, 0.4) is 0 Å². The smallest absolute Gasteiger partial charge is 0.119 e. The highest BCUT2D eigenvalue weighted by atomic mass is 32.2. The van der Waals surface area contributed by atoms with Crippen LogP contribution < -0.4 is 10.1 Å². The van der Waals surface area contributed by atoms with Crippen LogP contribution in [0.4, 0.5) is 0 Å². The Bertz CT molecular complexity index is 560. The van der Waals surface area contributed by atoms with E-state index in [4.69, 9.17) is 4.74 Å². The minimum atomic E-state index is 0.651. The number of hydrogen-bond acceptors (Lipinski definition) is 3. The molecule has 0 amide bonds. The van der Waals surface area contributed by atoms with Gasteiger partial charge in [-0.25, -0.2) is 0 Å². The van der Waals surface area contributed by atoms with Gasteiger partial charge in [-0.2, -0.15) is 0 Å². The summed E-state index contributed by atoms with van der Waals surface area (Å²) in [5.74, 6) is 0.923. The molecule has 1 atom stereocenters. The summed E-state index contributed by atoms with van der Waals surface area (Å²) in [7, 11) is 1.71. The molecule has 0 radical (unpaired) electrons. The first kappa shape index (κ1) is 13.5. The Morgan fingerprint density at radius 3 is 2.95 bits per heavy atom. The maximum atomic E-state index is 5.25. The molecule has 0 spiro atoms. The van der Waals surface area contributed by atoms with Gasteiger partial charge in [-0.05, 0) is 35.7 Å². The molecule has 0 aromatic heterocycles. The molecule has 2 nitrogen and oxygen atoms in total. The van der Waals surface area contributed by atoms with Crippen molar-refractivity contribution < 1.29 is 4.74 Å². The van der Waals surface area contributed by atoms with E-state index in [9.17, 15) is 0 Å². The average Bonchev–Trinajstić information content (AvgIpc) is 2.90. The summed E-state index contributed by atoms with van der Waals surface area (Å²) in [5, 5.41) is 4.20. The summed E-state index contributed by atoms with van der Waals surface area (Å²) in [6, 6.07) is 17.0. The Labute approximate surface area is 124 Å². The van der Waals surface area contributed by atoms with Crippen LogP contribution >= 0.6 is 11.8 Å². The van der Waals surface area contributed by atoms with Crippen molar-refractivity contribution in [3.05, 3.63) is 59.7 Å². The number of methoxy groups -OCH3 is 1. The highest BCUT2D eigenvalue weighted by Crippen LogP contribution is 2.36. The van der Waals surface area contributed by atoms with E-state index in [2.05, 4.69) is 41.7 Å². The largest absolute Gasteiger partial charge is 0.497 e. The van der Waals surface area contributed by atoms with Gasteiger partial charge in [0.1, 0.15) is 5.75 Å². The lowest BCUT2D eigenvalue weighted by Gasteiger charge is -2.10. The number of benzene rings is 2. The van der Waals surface area contributed by atoms with Crippen molar-refractivity contribution in [2.75, 3.05) is 13.7 Å². The molecule has 1 heterocycles. The van der Waals surface area contributed by atoms with E-state index < -0.39 is 0 Å². The van der Waals surface area contributed by atoms with Gasteiger partial charge in [0.25, 0.3) is 0 Å². The number of thioether (sulfide) groups is 1. The van der Waals surface area contributed by atoms with Crippen LogP contribution in [-0.4, -0.2) is 18.9 Å². The van der Waals surface area contributed by atoms with Gasteiger partial charge in [0.05, 0.1) is 7.11 Å². The van der Waals surface area contributed by atoms with Crippen molar-refractivity contribution in [1.82, 2.24) is 5.32 Å². The third-order valence-corrected chi connectivity index (χ3v) is 4.87. The molecule has 1 unspecified atom stereocenters. The third-order valence-electron chi connectivity index (χ3n) is 3.55. The summed E-state index contributed by atoms with van der Waals surface area (Å²) in [6.07, 6.45) is 1.17. The van der Waals surface area contributed by atoms with Crippen LogP contribution in [0.2, 0.25) is 0 Å². The van der Waals surface area contributed by atoms with Crippen molar-refractivity contribution in [2.45, 2.75) is 23.1 Å². The van der Waals surface area contributed by atoms with E-state index in [1.165, 1.54) is 22.4 Å². The van der Waals surface area contributed by atoms with E-state index in [1.54, 1.807) is 7.11 Å². The van der Waals surface area contributed by atoms with Gasteiger partial charge in [-0.3, -0.25) is 0 Å². The molecule has 2 aromatic carbocycles. The fourth-order valence-corrected chi connectivity index (χ4v) is 3.81. The normalized spacial score (nSPS) is 16.9. The molecule has 0 saturated carbocycles. The number of fused-ring (bicyclic) bond motifs is 1. The van der Waals surface area contributed by atoms with Gasteiger partial charge < -0.3 is 10.1 Å². The number of hydrogen-bond donors (Lipinski definition) is 1. The van der Waals surface area contributed by atoms with E-state index in [-0.39, 0.29) is 0 Å². The second-order valence-corrected chi connectivity index (χ2v) is 6.38. The lowest BCUT2D eigenvalue weighted by molar-refractivity contribution is 0.414. The summed E-state index contributed by atoms with van der Waals surface area (Å²) < 4.78 is 5.25. The standard InChI is InChI=1S/C17H19NOS/c1-19-15-7-4-5-13(9-15)11-18-12-16-10-14-6-2-3-8-17(14)20-16/h2-9,16,18H,10-12H2,1H3. The quantitative estimate of drug-likeness (QED) is 0.908. The van der Waals surface area contributed by atoms with Crippen LogP contribution in [0.15, 0.2) is 53.4 Å². The van der Waals surface area contributed by atoms with E-state index in [0.29, 0.717) is 5.25 Å². The van der Waals surface area contributed by atoms with Crippen LogP contribution in [0.1, 0.15) is 11.1 Å². The van der Waals surface area contributed by atoms with Gasteiger partial charge >= 0.3 is 0 Å². The zero-order valence-electron chi connectivity index (χ0n) is 11.6. The third kappa shape index (κ3) is 3.17. The lowest BCUT2D eigenvalue weighted by atomic mass is 10.1. The highest BCUT2D eigenvalue weighted by molar-refractivity contribution is 8.00. The number of ether oxygens (including phenoxy) is 1.